The van der Waals surface area contributed by atoms with Crippen LogP contribution in [0, 0.1) is 15.9 Å². The first-order chi connectivity index (χ1) is 13.6. The number of hydrogen-bond acceptors (Lipinski definition) is 7. The van der Waals surface area contributed by atoms with Gasteiger partial charge in [-0.3, -0.25) is 14.9 Å². The summed E-state index contributed by atoms with van der Waals surface area (Å²) in [6, 6.07) is 6.49. The average Bonchev–Trinajstić information content (AvgIpc) is 2.65. The lowest BCUT2D eigenvalue weighted by molar-refractivity contribution is -0.385. The van der Waals surface area contributed by atoms with Crippen molar-refractivity contribution in [3.63, 3.8) is 0 Å². The summed E-state index contributed by atoms with van der Waals surface area (Å²) in [6.07, 6.45) is 0. The summed E-state index contributed by atoms with van der Waals surface area (Å²) in [5.41, 5.74) is -0.450. The molecule has 0 radical (unpaired) electrons. The normalized spacial score (nSPS) is 11.2. The number of amides is 1. The van der Waals surface area contributed by atoms with Crippen LogP contribution in [0.1, 0.15) is 0 Å². The standard InChI is InChI=1S/C17H18FN3O7S/c1-20(2)29(25,26)12-5-7-15(27-3)13(9-12)19-17(22)10-28-16-8-11(18)4-6-14(16)21(23)24/h4-9H,10H2,1-3H3,(H,19,22). The van der Waals surface area contributed by atoms with Gasteiger partial charge in [-0.05, 0) is 24.3 Å². The van der Waals surface area contributed by atoms with E-state index >= 15 is 0 Å². The van der Waals surface area contributed by atoms with Crippen LogP contribution in [0.15, 0.2) is 41.3 Å². The minimum atomic E-state index is -3.76. The van der Waals surface area contributed by atoms with E-state index in [1.807, 2.05) is 0 Å². The molecule has 0 aliphatic carbocycles. The number of halogens is 1. The third kappa shape index (κ3) is 5.18. The van der Waals surface area contributed by atoms with Crippen molar-refractivity contribution < 1.29 is 32.0 Å². The molecule has 0 fully saturated rings. The van der Waals surface area contributed by atoms with Crippen molar-refractivity contribution in [3.05, 3.63) is 52.3 Å². The van der Waals surface area contributed by atoms with Crippen LogP contribution in [0.4, 0.5) is 15.8 Å². The Morgan fingerprint density at radius 2 is 1.90 bits per heavy atom. The van der Waals surface area contributed by atoms with E-state index in [-0.39, 0.29) is 16.3 Å². The fourth-order valence-corrected chi connectivity index (χ4v) is 3.17. The molecule has 0 heterocycles. The molecule has 2 aromatic rings. The molecule has 1 amide bonds. The quantitative estimate of drug-likeness (QED) is 0.504. The van der Waals surface area contributed by atoms with Crippen LogP contribution in [-0.2, 0) is 14.8 Å². The summed E-state index contributed by atoms with van der Waals surface area (Å²) < 4.78 is 49.0. The summed E-state index contributed by atoms with van der Waals surface area (Å²) >= 11 is 0. The zero-order chi connectivity index (χ0) is 21.8. The highest BCUT2D eigenvalue weighted by Crippen LogP contribution is 2.29. The molecule has 156 valence electrons. The first-order valence-corrected chi connectivity index (χ1v) is 9.47. The lowest BCUT2D eigenvalue weighted by atomic mass is 10.3. The predicted octanol–water partition coefficient (Wildman–Crippen LogP) is 2.01. The first-order valence-electron chi connectivity index (χ1n) is 8.03. The van der Waals surface area contributed by atoms with Crippen molar-refractivity contribution in [1.29, 1.82) is 0 Å². The molecule has 2 aromatic carbocycles. The second kappa shape index (κ2) is 8.84. The minimum absolute atomic E-state index is 0.0535. The molecule has 0 aliphatic rings. The van der Waals surface area contributed by atoms with Crippen molar-refractivity contribution in [1.82, 2.24) is 4.31 Å². The molecule has 0 saturated heterocycles. The second-order valence-electron chi connectivity index (χ2n) is 5.86. The molecule has 1 N–H and O–H groups in total. The number of ether oxygens (including phenoxy) is 2. The number of nitrogens with one attached hydrogen (secondary N) is 1. The number of carbonyl (C=O) groups excluding carboxylic acids is 1. The lowest BCUT2D eigenvalue weighted by Crippen LogP contribution is -2.23. The van der Waals surface area contributed by atoms with E-state index in [0.717, 1.165) is 22.5 Å². The van der Waals surface area contributed by atoms with Gasteiger partial charge in [0.1, 0.15) is 11.6 Å². The van der Waals surface area contributed by atoms with Gasteiger partial charge in [-0.15, -0.1) is 0 Å². The molecule has 0 saturated carbocycles. The van der Waals surface area contributed by atoms with Crippen molar-refractivity contribution in [2.24, 2.45) is 0 Å². The van der Waals surface area contributed by atoms with Crippen molar-refractivity contribution in [2.75, 3.05) is 33.1 Å². The highest BCUT2D eigenvalue weighted by molar-refractivity contribution is 7.89. The van der Waals surface area contributed by atoms with Crippen LogP contribution in [-0.4, -0.2) is 51.4 Å². The topological polar surface area (TPSA) is 128 Å². The number of methoxy groups -OCH3 is 1. The molecule has 10 nitrogen and oxygen atoms in total. The molecule has 2 rings (SSSR count). The third-order valence-electron chi connectivity index (χ3n) is 3.70. The Morgan fingerprint density at radius 3 is 2.48 bits per heavy atom. The van der Waals surface area contributed by atoms with Gasteiger partial charge in [-0.25, -0.2) is 17.1 Å². The Balaban J connectivity index is 2.21. The van der Waals surface area contributed by atoms with Gasteiger partial charge in [-0.1, -0.05) is 0 Å². The second-order valence-corrected chi connectivity index (χ2v) is 8.01. The molecule has 0 aromatic heterocycles. The van der Waals surface area contributed by atoms with E-state index in [9.17, 15) is 27.7 Å². The van der Waals surface area contributed by atoms with Crippen LogP contribution >= 0.6 is 0 Å². The molecule has 0 aliphatic heterocycles. The molecule has 29 heavy (non-hydrogen) atoms. The number of sulfonamides is 1. The fraction of sp³-hybridized carbons (Fsp3) is 0.235. The predicted molar refractivity (Wildman–Crippen MR) is 101 cm³/mol. The van der Waals surface area contributed by atoms with E-state index in [1.54, 1.807) is 0 Å². The smallest absolute Gasteiger partial charge is 0.311 e. The third-order valence-corrected chi connectivity index (χ3v) is 5.51. The molecule has 0 atom stereocenters. The Bertz CT molecular complexity index is 1040. The SMILES string of the molecule is COc1ccc(S(=O)(=O)N(C)C)cc1NC(=O)COc1cc(F)ccc1[N+](=O)[O-]. The highest BCUT2D eigenvalue weighted by Gasteiger charge is 2.21. The Morgan fingerprint density at radius 1 is 1.21 bits per heavy atom. The van der Waals surface area contributed by atoms with Crippen molar-refractivity contribution in [3.8, 4) is 11.5 Å². The number of nitrogens with zero attached hydrogens (tertiary/aromatic N) is 2. The maximum absolute atomic E-state index is 13.3. The molecule has 0 bridgehead atoms. The van der Waals surface area contributed by atoms with Gasteiger partial charge in [-0.2, -0.15) is 0 Å². The molecule has 0 unspecified atom stereocenters. The number of nitro benzene ring substituents is 1. The van der Waals surface area contributed by atoms with E-state index in [2.05, 4.69) is 5.32 Å². The lowest BCUT2D eigenvalue weighted by Gasteiger charge is -2.15. The highest BCUT2D eigenvalue weighted by atomic mass is 32.2. The first kappa shape index (κ1) is 22.0. The molecular formula is C17H18FN3O7S. The summed E-state index contributed by atoms with van der Waals surface area (Å²) in [7, 11) is 0.292. The van der Waals surface area contributed by atoms with E-state index in [4.69, 9.17) is 9.47 Å². The minimum Gasteiger partial charge on any atom is -0.495 e. The van der Waals surface area contributed by atoms with E-state index in [0.29, 0.717) is 0 Å². The van der Waals surface area contributed by atoms with Crippen LogP contribution in [0.25, 0.3) is 0 Å². The van der Waals surface area contributed by atoms with Crippen LogP contribution in [0.5, 0.6) is 11.5 Å². The maximum Gasteiger partial charge on any atom is 0.311 e. The Labute approximate surface area is 166 Å². The Hall–Kier alpha value is -3.25. The molecule has 12 heteroatoms. The zero-order valence-electron chi connectivity index (χ0n) is 15.7. The zero-order valence-corrected chi connectivity index (χ0v) is 16.5. The summed E-state index contributed by atoms with van der Waals surface area (Å²) in [4.78, 5) is 22.3. The molecular weight excluding hydrogens is 409 g/mol. The average molecular weight is 427 g/mol. The number of carbonyl (C=O) groups is 1. The summed E-state index contributed by atoms with van der Waals surface area (Å²) in [5, 5.41) is 13.4. The number of benzene rings is 2. The van der Waals surface area contributed by atoms with Crippen molar-refractivity contribution >= 4 is 27.3 Å². The largest absolute Gasteiger partial charge is 0.495 e. The van der Waals surface area contributed by atoms with Crippen LogP contribution < -0.4 is 14.8 Å². The summed E-state index contributed by atoms with van der Waals surface area (Å²) in [6.45, 7) is -0.682. The van der Waals surface area contributed by atoms with Gasteiger partial charge in [0, 0.05) is 26.2 Å². The van der Waals surface area contributed by atoms with Gasteiger partial charge in [0.05, 0.1) is 22.6 Å². The van der Waals surface area contributed by atoms with Gasteiger partial charge in [0.2, 0.25) is 15.8 Å². The monoisotopic (exact) mass is 427 g/mol. The maximum atomic E-state index is 13.3. The van der Waals surface area contributed by atoms with Gasteiger partial charge in [0.25, 0.3) is 5.91 Å². The fourth-order valence-electron chi connectivity index (χ4n) is 2.24. The van der Waals surface area contributed by atoms with E-state index < -0.39 is 44.7 Å². The number of hydrogen-bond donors (Lipinski definition) is 1. The Kier molecular flexibility index (Phi) is 6.72. The van der Waals surface area contributed by atoms with Gasteiger partial charge >= 0.3 is 5.69 Å². The van der Waals surface area contributed by atoms with Crippen molar-refractivity contribution in [2.45, 2.75) is 4.90 Å². The number of nitro groups is 1. The summed E-state index contributed by atoms with van der Waals surface area (Å²) in [5.74, 6) is -1.76. The van der Waals surface area contributed by atoms with Crippen LogP contribution in [0.3, 0.4) is 0 Å². The van der Waals surface area contributed by atoms with Crippen LogP contribution in [0.2, 0.25) is 0 Å². The van der Waals surface area contributed by atoms with Gasteiger partial charge < -0.3 is 14.8 Å². The van der Waals surface area contributed by atoms with E-state index in [1.165, 1.54) is 39.4 Å². The number of rotatable bonds is 8. The number of anilines is 1. The van der Waals surface area contributed by atoms with Gasteiger partial charge in [0.15, 0.2) is 6.61 Å². The molecule has 0 spiro atoms.